The molecule has 16 heavy (non-hydrogen) atoms. The van der Waals surface area contributed by atoms with Crippen molar-refractivity contribution in [1.82, 2.24) is 0 Å². The van der Waals surface area contributed by atoms with E-state index in [-0.39, 0.29) is 0 Å². The van der Waals surface area contributed by atoms with E-state index in [0.717, 1.165) is 21.0 Å². The highest BCUT2D eigenvalue weighted by atomic mass is 35.5. The maximum absolute atomic E-state index is 10.2. The third-order valence-corrected chi connectivity index (χ3v) is 4.01. The highest BCUT2D eigenvalue weighted by Crippen LogP contribution is 2.29. The van der Waals surface area contributed by atoms with E-state index in [1.807, 2.05) is 44.2 Å². The van der Waals surface area contributed by atoms with Crippen LogP contribution in [0.25, 0.3) is 0 Å². The van der Waals surface area contributed by atoms with E-state index in [1.54, 1.807) is 11.3 Å². The molecule has 0 bridgehead atoms. The van der Waals surface area contributed by atoms with Crippen LogP contribution in [0.4, 0.5) is 0 Å². The molecule has 0 unspecified atom stereocenters. The van der Waals surface area contributed by atoms with E-state index in [9.17, 15) is 5.11 Å². The Labute approximate surface area is 104 Å². The van der Waals surface area contributed by atoms with Crippen molar-refractivity contribution in [1.29, 1.82) is 0 Å². The van der Waals surface area contributed by atoms with E-state index >= 15 is 0 Å². The molecular weight excluding hydrogens is 240 g/mol. The summed E-state index contributed by atoms with van der Waals surface area (Å²) in [4.78, 5) is 2.18. The lowest BCUT2D eigenvalue weighted by Gasteiger charge is -2.10. The molecule has 1 N–H and O–H groups in total. The average molecular weight is 253 g/mol. The van der Waals surface area contributed by atoms with Gasteiger partial charge in [0.1, 0.15) is 6.10 Å². The molecule has 1 nitrogen and oxygen atoms in total. The Morgan fingerprint density at radius 3 is 2.50 bits per heavy atom. The number of thiophene rings is 1. The van der Waals surface area contributed by atoms with Gasteiger partial charge in [-0.25, -0.2) is 0 Å². The second-order valence-electron chi connectivity index (χ2n) is 3.86. The number of aliphatic hydroxyl groups is 1. The fourth-order valence-corrected chi connectivity index (χ4v) is 2.61. The Morgan fingerprint density at radius 1 is 1.19 bits per heavy atom. The first kappa shape index (κ1) is 11.6. The predicted octanol–water partition coefficient (Wildman–Crippen LogP) is 4.10. The molecule has 0 spiro atoms. The molecule has 2 rings (SSSR count). The highest BCUT2D eigenvalue weighted by molar-refractivity contribution is 7.12. The van der Waals surface area contributed by atoms with E-state index in [2.05, 4.69) is 0 Å². The van der Waals surface area contributed by atoms with Gasteiger partial charge in [-0.2, -0.15) is 0 Å². The largest absolute Gasteiger partial charge is 0.383 e. The minimum Gasteiger partial charge on any atom is -0.383 e. The van der Waals surface area contributed by atoms with E-state index in [0.29, 0.717) is 0 Å². The molecule has 1 aromatic heterocycles. The maximum atomic E-state index is 10.2. The Morgan fingerprint density at radius 2 is 1.94 bits per heavy atom. The van der Waals surface area contributed by atoms with Gasteiger partial charge in [0.15, 0.2) is 0 Å². The molecular formula is C13H13ClOS. The minimum absolute atomic E-state index is 0.547. The van der Waals surface area contributed by atoms with Gasteiger partial charge in [0.25, 0.3) is 0 Å². The first-order chi connectivity index (χ1) is 7.58. The molecule has 0 fully saturated rings. The van der Waals surface area contributed by atoms with Crippen LogP contribution in [-0.2, 0) is 0 Å². The van der Waals surface area contributed by atoms with Crippen molar-refractivity contribution >= 4 is 22.9 Å². The molecule has 0 aliphatic carbocycles. The molecule has 0 aliphatic rings. The number of hydrogen-bond donors (Lipinski definition) is 1. The van der Waals surface area contributed by atoms with Crippen molar-refractivity contribution in [3.05, 3.63) is 56.2 Å². The average Bonchev–Trinajstić information content (AvgIpc) is 2.68. The molecule has 3 heteroatoms. The predicted molar refractivity (Wildman–Crippen MR) is 69.3 cm³/mol. The van der Waals surface area contributed by atoms with Gasteiger partial charge in [-0.3, -0.25) is 0 Å². The molecule has 0 saturated carbocycles. The first-order valence-electron chi connectivity index (χ1n) is 5.08. The van der Waals surface area contributed by atoms with Crippen LogP contribution in [0.3, 0.4) is 0 Å². The van der Waals surface area contributed by atoms with Crippen LogP contribution in [0.5, 0.6) is 0 Å². The summed E-state index contributed by atoms with van der Waals surface area (Å²) in [5, 5.41) is 10.9. The molecule has 1 atom stereocenters. The maximum Gasteiger partial charge on any atom is 0.113 e. The number of benzene rings is 1. The number of rotatable bonds is 2. The van der Waals surface area contributed by atoms with Gasteiger partial charge in [-0.05, 0) is 43.2 Å². The molecule has 0 amide bonds. The lowest BCUT2D eigenvalue weighted by molar-refractivity contribution is 0.224. The fraction of sp³-hybridized carbons (Fsp3) is 0.231. The van der Waals surface area contributed by atoms with Gasteiger partial charge >= 0.3 is 0 Å². The van der Waals surface area contributed by atoms with Gasteiger partial charge in [0.05, 0.1) is 0 Å². The molecule has 0 aliphatic heterocycles. The van der Waals surface area contributed by atoms with Crippen LogP contribution in [0.15, 0.2) is 30.3 Å². The molecule has 2 aromatic rings. The van der Waals surface area contributed by atoms with Crippen molar-refractivity contribution in [2.75, 3.05) is 0 Å². The van der Waals surface area contributed by atoms with Gasteiger partial charge in [-0.1, -0.05) is 23.7 Å². The number of aliphatic hydroxyl groups excluding tert-OH is 1. The van der Waals surface area contributed by atoms with Crippen molar-refractivity contribution in [2.24, 2.45) is 0 Å². The van der Waals surface area contributed by atoms with Gasteiger partial charge < -0.3 is 5.11 Å². The van der Waals surface area contributed by atoms with Gasteiger partial charge in [0.2, 0.25) is 0 Å². The summed E-state index contributed by atoms with van der Waals surface area (Å²) < 4.78 is 0. The van der Waals surface area contributed by atoms with Crippen molar-refractivity contribution < 1.29 is 5.11 Å². The number of halogens is 1. The molecule has 84 valence electrons. The second kappa shape index (κ2) is 4.58. The Kier molecular flexibility index (Phi) is 3.33. The molecule has 1 heterocycles. The van der Waals surface area contributed by atoms with Crippen molar-refractivity contribution in [2.45, 2.75) is 20.0 Å². The number of hydrogen-bond acceptors (Lipinski definition) is 2. The van der Waals surface area contributed by atoms with Crippen LogP contribution in [0.1, 0.15) is 27.0 Å². The zero-order valence-electron chi connectivity index (χ0n) is 9.20. The summed E-state index contributed by atoms with van der Waals surface area (Å²) in [6.45, 7) is 3.98. The van der Waals surface area contributed by atoms with Crippen LogP contribution < -0.4 is 0 Å². The highest BCUT2D eigenvalue weighted by Gasteiger charge is 2.12. The summed E-state index contributed by atoms with van der Waals surface area (Å²) >= 11 is 7.57. The Bertz CT molecular complexity index is 504. The minimum atomic E-state index is -0.547. The Hall–Kier alpha value is -0.830. The molecule has 0 saturated heterocycles. The van der Waals surface area contributed by atoms with E-state index in [4.69, 9.17) is 11.6 Å². The molecule has 0 radical (unpaired) electrons. The quantitative estimate of drug-likeness (QED) is 0.853. The number of aryl methyl sites for hydroxylation is 2. The Balaban J connectivity index is 2.33. The first-order valence-corrected chi connectivity index (χ1v) is 6.28. The smallest absolute Gasteiger partial charge is 0.113 e. The van der Waals surface area contributed by atoms with Crippen LogP contribution in [0, 0.1) is 13.8 Å². The third kappa shape index (κ3) is 2.29. The zero-order chi connectivity index (χ0) is 11.7. The van der Waals surface area contributed by atoms with Gasteiger partial charge in [0, 0.05) is 14.8 Å². The monoisotopic (exact) mass is 252 g/mol. The fourth-order valence-electron chi connectivity index (χ4n) is 1.60. The topological polar surface area (TPSA) is 20.2 Å². The SMILES string of the molecule is Cc1ccc([C@H](O)c2ccc(Cl)c(C)c2)s1. The summed E-state index contributed by atoms with van der Waals surface area (Å²) in [6, 6.07) is 9.62. The van der Waals surface area contributed by atoms with E-state index < -0.39 is 6.10 Å². The van der Waals surface area contributed by atoms with Crippen molar-refractivity contribution in [3.63, 3.8) is 0 Å². The van der Waals surface area contributed by atoms with Gasteiger partial charge in [-0.15, -0.1) is 11.3 Å². The second-order valence-corrected chi connectivity index (χ2v) is 5.59. The summed E-state index contributed by atoms with van der Waals surface area (Å²) in [7, 11) is 0. The third-order valence-electron chi connectivity index (χ3n) is 2.53. The normalized spacial score (nSPS) is 12.8. The summed E-state index contributed by atoms with van der Waals surface area (Å²) in [6.07, 6.45) is -0.547. The zero-order valence-corrected chi connectivity index (χ0v) is 10.8. The standard InChI is InChI=1S/C13H13ClOS/c1-8-7-10(4-5-11(8)14)13(15)12-6-3-9(2)16-12/h3-7,13,15H,1-2H3/t13-/m1/s1. The van der Waals surface area contributed by atoms with Crippen LogP contribution in [0.2, 0.25) is 5.02 Å². The van der Waals surface area contributed by atoms with Crippen LogP contribution >= 0.6 is 22.9 Å². The van der Waals surface area contributed by atoms with Crippen molar-refractivity contribution in [3.8, 4) is 0 Å². The van der Waals surface area contributed by atoms with E-state index in [1.165, 1.54) is 4.88 Å². The lowest BCUT2D eigenvalue weighted by atomic mass is 10.1. The summed E-state index contributed by atoms with van der Waals surface area (Å²) in [5.41, 5.74) is 1.88. The summed E-state index contributed by atoms with van der Waals surface area (Å²) in [5.74, 6) is 0. The molecule has 1 aromatic carbocycles. The lowest BCUT2D eigenvalue weighted by Crippen LogP contribution is -1.97. The van der Waals surface area contributed by atoms with Crippen LogP contribution in [-0.4, -0.2) is 5.11 Å².